The van der Waals surface area contributed by atoms with Gasteiger partial charge in [0.2, 0.25) is 5.91 Å². The van der Waals surface area contributed by atoms with E-state index in [-0.39, 0.29) is 0 Å². The van der Waals surface area contributed by atoms with Gasteiger partial charge in [-0.25, -0.2) is 0 Å². The van der Waals surface area contributed by atoms with Crippen LogP contribution >= 0.6 is 0 Å². The van der Waals surface area contributed by atoms with E-state index in [2.05, 4.69) is 0 Å². The Balaban J connectivity index is 2.83. The van der Waals surface area contributed by atoms with Crippen molar-refractivity contribution in [2.75, 3.05) is 0 Å². The second-order valence-electron chi connectivity index (χ2n) is 9.19. The highest BCUT2D eigenvalue weighted by molar-refractivity contribution is 6.13. The van der Waals surface area contributed by atoms with Crippen LogP contribution in [0.3, 0.4) is 0 Å². The fourth-order valence-electron chi connectivity index (χ4n) is 4.56. The van der Waals surface area contributed by atoms with Gasteiger partial charge in [0.05, 0.1) is 12.5 Å². The molecule has 0 aromatic heterocycles. The van der Waals surface area contributed by atoms with Crippen molar-refractivity contribution in [2.45, 2.75) is 65.7 Å². The summed E-state index contributed by atoms with van der Waals surface area (Å²) in [7, 11) is 0. The average molecular weight is 340 g/mol. The molecule has 2 aliphatic rings. The van der Waals surface area contributed by atoms with E-state index >= 15 is 0 Å². The Hall–Kier alpha value is -1.47. The maximum Gasteiger partial charge on any atom is 0.307 e. The summed E-state index contributed by atoms with van der Waals surface area (Å²) in [5.74, 6) is -3.05. The maximum atomic E-state index is 13.0. The Labute approximate surface area is 142 Å². The Bertz CT molecular complexity index is 603. The lowest BCUT2D eigenvalue weighted by molar-refractivity contribution is -0.239. The molecule has 24 heavy (non-hydrogen) atoms. The molecule has 0 radical (unpaired) electrons. The molecule has 5 atom stereocenters. The molecule has 1 heterocycles. The minimum atomic E-state index is -1.92. The standard InChI is InChI=1S/C17H28N2O5/c1-14(2,3)10-9(18)11(21)16(13(19)22)7-8(20)24-12(16)17(10,23)15(4,5)6/h9-10,12,23H,7,18H2,1-6H3,(H2,19,22)/t9-,10?,12?,16?,17+/m0/s1. The Kier molecular flexibility index (Phi) is 3.94. The van der Waals surface area contributed by atoms with Gasteiger partial charge in [-0.3, -0.25) is 14.4 Å². The molecule has 2 rings (SSSR count). The van der Waals surface area contributed by atoms with Gasteiger partial charge in [-0.05, 0) is 10.8 Å². The molecule has 0 spiro atoms. The van der Waals surface area contributed by atoms with Crippen molar-refractivity contribution in [1.29, 1.82) is 0 Å². The molecule has 0 aromatic carbocycles. The minimum absolute atomic E-state index is 0.477. The minimum Gasteiger partial charge on any atom is -0.458 e. The first kappa shape index (κ1) is 18.9. The lowest BCUT2D eigenvalue weighted by Gasteiger charge is -2.60. The highest BCUT2D eigenvalue weighted by atomic mass is 16.6. The fraction of sp³-hybridized carbons (Fsp3) is 0.824. The summed E-state index contributed by atoms with van der Waals surface area (Å²) >= 11 is 0. The number of ether oxygens (including phenoxy) is 1. The molecule has 0 aromatic rings. The first-order valence-electron chi connectivity index (χ1n) is 8.13. The second kappa shape index (κ2) is 5.02. The molecular weight excluding hydrogens is 312 g/mol. The average Bonchev–Trinajstić information content (AvgIpc) is 2.73. The van der Waals surface area contributed by atoms with E-state index in [4.69, 9.17) is 16.2 Å². The molecular formula is C17H28N2O5. The monoisotopic (exact) mass is 340 g/mol. The van der Waals surface area contributed by atoms with E-state index in [1.807, 2.05) is 20.8 Å². The highest BCUT2D eigenvalue weighted by Gasteiger charge is 2.76. The maximum absolute atomic E-state index is 13.0. The Morgan fingerprint density at radius 2 is 1.71 bits per heavy atom. The number of nitrogens with two attached hydrogens (primary N) is 2. The number of carbonyl (C=O) groups excluding carboxylic acids is 3. The first-order chi connectivity index (χ1) is 10.6. The normalized spacial score (nSPS) is 40.2. The molecule has 2 fully saturated rings. The van der Waals surface area contributed by atoms with Gasteiger partial charge in [-0.15, -0.1) is 0 Å². The molecule has 1 amide bonds. The van der Waals surface area contributed by atoms with Gasteiger partial charge in [-0.1, -0.05) is 41.5 Å². The van der Waals surface area contributed by atoms with Crippen LogP contribution in [0.15, 0.2) is 0 Å². The molecule has 136 valence electrons. The van der Waals surface area contributed by atoms with Crippen LogP contribution in [0.2, 0.25) is 0 Å². The van der Waals surface area contributed by atoms with Gasteiger partial charge in [0.15, 0.2) is 17.3 Å². The van der Waals surface area contributed by atoms with Crippen molar-refractivity contribution in [2.24, 2.45) is 33.6 Å². The third-order valence-electron chi connectivity index (χ3n) is 5.67. The van der Waals surface area contributed by atoms with Crippen molar-refractivity contribution in [3.63, 3.8) is 0 Å². The summed E-state index contributed by atoms with van der Waals surface area (Å²) in [6, 6.07) is -1.13. The largest absolute Gasteiger partial charge is 0.458 e. The molecule has 1 saturated heterocycles. The van der Waals surface area contributed by atoms with Crippen molar-refractivity contribution < 1.29 is 24.2 Å². The van der Waals surface area contributed by atoms with E-state index in [9.17, 15) is 19.5 Å². The van der Waals surface area contributed by atoms with Gasteiger partial charge < -0.3 is 21.3 Å². The Morgan fingerprint density at radius 1 is 1.21 bits per heavy atom. The summed E-state index contributed by atoms with van der Waals surface area (Å²) in [4.78, 5) is 37.3. The topological polar surface area (TPSA) is 133 Å². The van der Waals surface area contributed by atoms with E-state index in [1.54, 1.807) is 20.8 Å². The fourth-order valence-corrected chi connectivity index (χ4v) is 4.56. The molecule has 3 unspecified atom stereocenters. The predicted molar refractivity (Wildman–Crippen MR) is 86.5 cm³/mol. The number of hydrogen-bond donors (Lipinski definition) is 3. The molecule has 7 nitrogen and oxygen atoms in total. The third-order valence-corrected chi connectivity index (χ3v) is 5.67. The number of primary amides is 1. The van der Waals surface area contributed by atoms with Crippen molar-refractivity contribution in [3.8, 4) is 0 Å². The molecule has 1 aliphatic carbocycles. The van der Waals surface area contributed by atoms with Gasteiger partial charge in [0, 0.05) is 5.92 Å². The molecule has 5 N–H and O–H groups in total. The van der Waals surface area contributed by atoms with Gasteiger partial charge in [0.25, 0.3) is 0 Å². The SMILES string of the molecule is CC(C)(C)C1[C@H](N)C(=O)C2(C(N)=O)CC(=O)OC2[C@@]1(O)C(C)(C)C. The number of amides is 1. The van der Waals surface area contributed by atoms with Crippen LogP contribution in [0.4, 0.5) is 0 Å². The lowest BCUT2D eigenvalue weighted by Crippen LogP contribution is -2.77. The highest BCUT2D eigenvalue weighted by Crippen LogP contribution is 2.59. The zero-order valence-electron chi connectivity index (χ0n) is 15.2. The number of hydrogen-bond acceptors (Lipinski definition) is 6. The van der Waals surface area contributed by atoms with Crippen LogP contribution in [-0.2, 0) is 19.1 Å². The molecule has 0 bridgehead atoms. The van der Waals surface area contributed by atoms with Crippen molar-refractivity contribution in [3.05, 3.63) is 0 Å². The smallest absolute Gasteiger partial charge is 0.307 e. The van der Waals surface area contributed by atoms with Crippen LogP contribution in [0.25, 0.3) is 0 Å². The van der Waals surface area contributed by atoms with Crippen LogP contribution in [0.5, 0.6) is 0 Å². The number of esters is 1. The quantitative estimate of drug-likeness (QED) is 0.459. The van der Waals surface area contributed by atoms with E-state index < -0.39 is 64.0 Å². The molecule has 1 saturated carbocycles. The summed E-state index contributed by atoms with van der Waals surface area (Å²) in [5.41, 5.74) is 6.73. The van der Waals surface area contributed by atoms with Crippen LogP contribution in [-0.4, -0.2) is 40.5 Å². The summed E-state index contributed by atoms with van der Waals surface area (Å²) in [6.07, 6.45) is -1.82. The van der Waals surface area contributed by atoms with Gasteiger partial charge in [0.1, 0.15) is 5.60 Å². The zero-order chi connectivity index (χ0) is 18.9. The second-order valence-corrected chi connectivity index (χ2v) is 9.19. The van der Waals surface area contributed by atoms with Crippen molar-refractivity contribution in [1.82, 2.24) is 0 Å². The summed E-state index contributed by atoms with van der Waals surface area (Å²) in [6.45, 7) is 10.9. The van der Waals surface area contributed by atoms with E-state index in [0.717, 1.165) is 0 Å². The number of ketones is 1. The van der Waals surface area contributed by atoms with Gasteiger partial charge >= 0.3 is 5.97 Å². The number of fused-ring (bicyclic) bond motifs is 1. The summed E-state index contributed by atoms with van der Waals surface area (Å²) in [5, 5.41) is 11.8. The van der Waals surface area contributed by atoms with Gasteiger partial charge in [-0.2, -0.15) is 0 Å². The third kappa shape index (κ3) is 2.14. The van der Waals surface area contributed by atoms with Crippen LogP contribution < -0.4 is 11.5 Å². The number of aliphatic hydroxyl groups is 1. The number of carbonyl (C=O) groups is 3. The number of Topliss-reactive ketones (excluding diaryl/α,β-unsaturated/α-hetero) is 1. The van der Waals surface area contributed by atoms with Crippen LogP contribution in [0, 0.1) is 22.2 Å². The van der Waals surface area contributed by atoms with Crippen molar-refractivity contribution >= 4 is 17.7 Å². The number of rotatable bonds is 1. The predicted octanol–water partition coefficient (Wildman–Crippen LogP) is 0.123. The first-order valence-corrected chi connectivity index (χ1v) is 8.13. The van der Waals surface area contributed by atoms with Crippen LogP contribution in [0.1, 0.15) is 48.0 Å². The zero-order valence-corrected chi connectivity index (χ0v) is 15.2. The Morgan fingerprint density at radius 3 is 2.08 bits per heavy atom. The molecule has 7 heteroatoms. The molecule has 1 aliphatic heterocycles. The van der Waals surface area contributed by atoms with E-state index in [0.29, 0.717) is 0 Å². The lowest BCUT2D eigenvalue weighted by atomic mass is 9.47. The summed E-state index contributed by atoms with van der Waals surface area (Å²) < 4.78 is 5.35. The van der Waals surface area contributed by atoms with E-state index in [1.165, 1.54) is 0 Å².